The van der Waals surface area contributed by atoms with Crippen LogP contribution in [0.15, 0.2) is 4.99 Å². The summed E-state index contributed by atoms with van der Waals surface area (Å²) in [5.41, 5.74) is 0. The van der Waals surface area contributed by atoms with E-state index in [0.29, 0.717) is 6.04 Å². The zero-order valence-electron chi connectivity index (χ0n) is 8.96. The Morgan fingerprint density at radius 3 is 2.93 bits per heavy atom. The molecule has 0 aromatic rings. The predicted molar refractivity (Wildman–Crippen MR) is 63.9 cm³/mol. The summed E-state index contributed by atoms with van der Waals surface area (Å²) in [6.07, 6.45) is 6.87. The maximum Gasteiger partial charge on any atom is 0.156 e. The number of aliphatic imine (C=N–C) groups is 1. The van der Waals surface area contributed by atoms with Gasteiger partial charge in [-0.05, 0) is 18.8 Å². The Kier molecular flexibility index (Phi) is 3.74. The van der Waals surface area contributed by atoms with Crippen molar-refractivity contribution in [2.75, 3.05) is 12.3 Å². The van der Waals surface area contributed by atoms with Crippen LogP contribution < -0.4 is 5.32 Å². The Hall–Kier alpha value is -0.180. The average molecular weight is 212 g/mol. The Bertz CT molecular complexity index is 211. The molecule has 0 aromatic carbocycles. The lowest BCUT2D eigenvalue weighted by Crippen LogP contribution is -2.26. The topological polar surface area (TPSA) is 24.4 Å². The van der Waals surface area contributed by atoms with E-state index in [1.54, 1.807) is 0 Å². The molecule has 1 saturated heterocycles. The van der Waals surface area contributed by atoms with E-state index in [1.807, 2.05) is 11.8 Å². The van der Waals surface area contributed by atoms with E-state index in [9.17, 15) is 0 Å². The maximum atomic E-state index is 4.61. The SMILES string of the molecule is CCC1CSC(=NCCC2CCC2)N1. The van der Waals surface area contributed by atoms with E-state index < -0.39 is 0 Å². The summed E-state index contributed by atoms with van der Waals surface area (Å²) in [7, 11) is 0. The first-order valence-corrected chi connectivity index (χ1v) is 6.81. The lowest BCUT2D eigenvalue weighted by molar-refractivity contribution is 0.300. The molecule has 0 radical (unpaired) electrons. The molecule has 0 bridgehead atoms. The van der Waals surface area contributed by atoms with Crippen molar-refractivity contribution >= 4 is 16.9 Å². The van der Waals surface area contributed by atoms with Crippen molar-refractivity contribution in [1.82, 2.24) is 5.32 Å². The van der Waals surface area contributed by atoms with Crippen LogP contribution in [0.5, 0.6) is 0 Å². The molecule has 1 aliphatic heterocycles. The smallest absolute Gasteiger partial charge is 0.156 e. The fourth-order valence-corrected chi connectivity index (χ4v) is 2.99. The number of rotatable bonds is 4. The van der Waals surface area contributed by atoms with Gasteiger partial charge in [0.2, 0.25) is 0 Å². The highest BCUT2D eigenvalue weighted by Gasteiger charge is 2.19. The largest absolute Gasteiger partial charge is 0.361 e. The highest BCUT2D eigenvalue weighted by atomic mass is 32.2. The molecule has 1 heterocycles. The van der Waals surface area contributed by atoms with Crippen molar-refractivity contribution < 1.29 is 0 Å². The van der Waals surface area contributed by atoms with Crippen molar-refractivity contribution in [1.29, 1.82) is 0 Å². The molecule has 2 aliphatic rings. The second-order valence-corrected chi connectivity index (χ2v) is 5.34. The molecule has 1 aliphatic carbocycles. The van der Waals surface area contributed by atoms with Crippen LogP contribution in [0.2, 0.25) is 0 Å². The van der Waals surface area contributed by atoms with Crippen LogP contribution in [0.3, 0.4) is 0 Å². The lowest BCUT2D eigenvalue weighted by atomic mass is 9.83. The molecular weight excluding hydrogens is 192 g/mol. The quantitative estimate of drug-likeness (QED) is 0.775. The summed E-state index contributed by atoms with van der Waals surface area (Å²) < 4.78 is 0. The summed E-state index contributed by atoms with van der Waals surface area (Å²) in [6.45, 7) is 3.27. The molecule has 3 heteroatoms. The summed E-state index contributed by atoms with van der Waals surface area (Å²) in [4.78, 5) is 4.61. The van der Waals surface area contributed by atoms with Gasteiger partial charge in [-0.15, -0.1) is 0 Å². The molecule has 80 valence electrons. The summed E-state index contributed by atoms with van der Waals surface area (Å²) in [5, 5.41) is 4.65. The van der Waals surface area contributed by atoms with Crippen LogP contribution >= 0.6 is 11.8 Å². The molecule has 1 N–H and O–H groups in total. The normalized spacial score (nSPS) is 30.4. The first kappa shape index (κ1) is 10.3. The molecule has 14 heavy (non-hydrogen) atoms. The zero-order chi connectivity index (χ0) is 9.80. The minimum atomic E-state index is 0.669. The number of hydrogen-bond donors (Lipinski definition) is 1. The van der Waals surface area contributed by atoms with E-state index in [0.717, 1.165) is 12.5 Å². The standard InChI is InChI=1S/C11H20N2S/c1-2-10-8-14-11(13-10)12-7-6-9-4-3-5-9/h9-10H,2-8H2,1H3,(H,12,13). The molecule has 2 rings (SSSR count). The third-order valence-electron chi connectivity index (χ3n) is 3.26. The van der Waals surface area contributed by atoms with Gasteiger partial charge < -0.3 is 5.32 Å². The minimum Gasteiger partial charge on any atom is -0.361 e. The number of thioether (sulfide) groups is 1. The first-order chi connectivity index (χ1) is 6.88. The number of hydrogen-bond acceptors (Lipinski definition) is 2. The lowest BCUT2D eigenvalue weighted by Gasteiger charge is -2.24. The van der Waals surface area contributed by atoms with Gasteiger partial charge in [0.25, 0.3) is 0 Å². The van der Waals surface area contributed by atoms with Gasteiger partial charge in [-0.2, -0.15) is 0 Å². The van der Waals surface area contributed by atoms with Crippen LogP contribution in [-0.2, 0) is 0 Å². The molecule has 0 spiro atoms. The molecule has 1 unspecified atom stereocenters. The monoisotopic (exact) mass is 212 g/mol. The molecule has 0 amide bonds. The predicted octanol–water partition coefficient (Wildman–Crippen LogP) is 2.65. The highest BCUT2D eigenvalue weighted by molar-refractivity contribution is 8.14. The maximum absolute atomic E-state index is 4.61. The fraction of sp³-hybridized carbons (Fsp3) is 0.909. The second-order valence-electron chi connectivity index (χ2n) is 4.33. The van der Waals surface area contributed by atoms with E-state index >= 15 is 0 Å². The van der Waals surface area contributed by atoms with Gasteiger partial charge in [-0.25, -0.2) is 0 Å². The van der Waals surface area contributed by atoms with Crippen molar-refractivity contribution in [3.8, 4) is 0 Å². The molecule has 1 atom stereocenters. The Morgan fingerprint density at radius 2 is 2.36 bits per heavy atom. The van der Waals surface area contributed by atoms with Crippen LogP contribution in [0.4, 0.5) is 0 Å². The first-order valence-electron chi connectivity index (χ1n) is 5.82. The molecule has 1 saturated carbocycles. The van der Waals surface area contributed by atoms with Gasteiger partial charge in [0.05, 0.1) is 0 Å². The number of nitrogens with zero attached hydrogens (tertiary/aromatic N) is 1. The van der Waals surface area contributed by atoms with Gasteiger partial charge in [-0.1, -0.05) is 37.9 Å². The highest BCUT2D eigenvalue weighted by Crippen LogP contribution is 2.29. The van der Waals surface area contributed by atoms with E-state index in [-0.39, 0.29) is 0 Å². The van der Waals surface area contributed by atoms with Gasteiger partial charge in [-0.3, -0.25) is 4.99 Å². The number of amidine groups is 1. The average Bonchev–Trinajstić information content (AvgIpc) is 2.57. The van der Waals surface area contributed by atoms with Crippen molar-refractivity contribution in [2.24, 2.45) is 10.9 Å². The van der Waals surface area contributed by atoms with Crippen LogP contribution in [0.1, 0.15) is 39.0 Å². The number of nitrogens with one attached hydrogen (secondary N) is 1. The Balaban J connectivity index is 1.65. The van der Waals surface area contributed by atoms with Crippen LogP contribution in [0.25, 0.3) is 0 Å². The minimum absolute atomic E-state index is 0.669. The van der Waals surface area contributed by atoms with Crippen LogP contribution in [-0.4, -0.2) is 23.5 Å². The zero-order valence-corrected chi connectivity index (χ0v) is 9.78. The van der Waals surface area contributed by atoms with Gasteiger partial charge in [0.15, 0.2) is 5.17 Å². The Morgan fingerprint density at radius 1 is 1.50 bits per heavy atom. The summed E-state index contributed by atoms with van der Waals surface area (Å²) in [6, 6.07) is 0.669. The molecular formula is C11H20N2S. The van der Waals surface area contributed by atoms with E-state index in [1.165, 1.54) is 43.0 Å². The molecule has 0 aromatic heterocycles. The van der Waals surface area contributed by atoms with Crippen molar-refractivity contribution in [3.05, 3.63) is 0 Å². The summed E-state index contributed by atoms with van der Waals surface area (Å²) in [5.74, 6) is 2.20. The third kappa shape index (κ3) is 2.66. The Labute approximate surface area is 90.9 Å². The van der Waals surface area contributed by atoms with Crippen molar-refractivity contribution in [3.63, 3.8) is 0 Å². The van der Waals surface area contributed by atoms with E-state index in [2.05, 4.69) is 17.2 Å². The third-order valence-corrected chi connectivity index (χ3v) is 4.35. The van der Waals surface area contributed by atoms with Crippen molar-refractivity contribution in [2.45, 2.75) is 45.1 Å². The molecule has 2 fully saturated rings. The molecule has 2 nitrogen and oxygen atoms in total. The van der Waals surface area contributed by atoms with Gasteiger partial charge >= 0.3 is 0 Å². The fourth-order valence-electron chi connectivity index (χ4n) is 1.88. The second kappa shape index (κ2) is 5.06. The van der Waals surface area contributed by atoms with Gasteiger partial charge in [0, 0.05) is 18.3 Å². The van der Waals surface area contributed by atoms with Gasteiger partial charge in [0.1, 0.15) is 0 Å². The van der Waals surface area contributed by atoms with E-state index in [4.69, 9.17) is 0 Å². The van der Waals surface area contributed by atoms with Crippen LogP contribution in [0, 0.1) is 5.92 Å². The summed E-state index contributed by atoms with van der Waals surface area (Å²) >= 11 is 1.89.